The third kappa shape index (κ3) is 1.84. The quantitative estimate of drug-likeness (QED) is 0.819. The molecule has 0 radical (unpaired) electrons. The second kappa shape index (κ2) is 4.01. The summed E-state index contributed by atoms with van der Waals surface area (Å²) in [6.45, 7) is 2.44. The fraction of sp³-hybridized carbons (Fsp3) is 0.250. The smallest absolute Gasteiger partial charge is 0.161 e. The highest BCUT2D eigenvalue weighted by atomic mass is 79.9. The van der Waals surface area contributed by atoms with Crippen molar-refractivity contribution >= 4 is 33.2 Å². The Morgan fingerprint density at radius 1 is 1.58 bits per heavy atom. The van der Waals surface area contributed by atoms with Crippen LogP contribution in [0.3, 0.4) is 0 Å². The molecule has 2 N–H and O–H groups in total. The van der Waals surface area contributed by atoms with Crippen LogP contribution in [0.25, 0.3) is 0 Å². The molecule has 1 aromatic rings. The maximum Gasteiger partial charge on any atom is 0.161 e. The number of benzene rings is 1. The lowest BCUT2D eigenvalue weighted by Crippen LogP contribution is -1.98. The van der Waals surface area contributed by atoms with Crippen LogP contribution in [-0.4, -0.2) is 6.61 Å². The van der Waals surface area contributed by atoms with Crippen molar-refractivity contribution in [2.75, 3.05) is 12.3 Å². The van der Waals surface area contributed by atoms with Crippen LogP contribution in [0.2, 0.25) is 5.02 Å². The summed E-state index contributed by atoms with van der Waals surface area (Å²) in [6, 6.07) is 3.53. The van der Waals surface area contributed by atoms with E-state index >= 15 is 0 Å². The molecule has 1 aromatic carbocycles. The van der Waals surface area contributed by atoms with E-state index in [0.717, 1.165) is 4.47 Å². The van der Waals surface area contributed by atoms with Crippen LogP contribution in [0.4, 0.5) is 5.69 Å². The van der Waals surface area contributed by atoms with Crippen molar-refractivity contribution in [3.63, 3.8) is 0 Å². The zero-order valence-corrected chi connectivity index (χ0v) is 8.95. The number of nitrogens with two attached hydrogens (primary N) is 1. The van der Waals surface area contributed by atoms with Crippen LogP contribution in [0.15, 0.2) is 16.6 Å². The number of hydrogen-bond acceptors (Lipinski definition) is 2. The molecular formula is C8H9BrClNO. The molecule has 0 atom stereocenters. The van der Waals surface area contributed by atoms with Gasteiger partial charge in [0.05, 0.1) is 17.3 Å². The lowest BCUT2D eigenvalue weighted by atomic mass is 10.3. The first-order valence-corrected chi connectivity index (χ1v) is 4.70. The number of ether oxygens (including phenoxy) is 1. The summed E-state index contributed by atoms with van der Waals surface area (Å²) in [7, 11) is 0. The average molecular weight is 251 g/mol. The number of nitrogen functional groups attached to an aromatic ring is 1. The van der Waals surface area contributed by atoms with E-state index in [1.807, 2.05) is 6.92 Å². The first-order chi connectivity index (χ1) is 5.66. The fourth-order valence-electron chi connectivity index (χ4n) is 0.840. The van der Waals surface area contributed by atoms with Crippen LogP contribution in [0.1, 0.15) is 6.92 Å². The minimum Gasteiger partial charge on any atom is -0.490 e. The average Bonchev–Trinajstić information content (AvgIpc) is 2.06. The van der Waals surface area contributed by atoms with Gasteiger partial charge in [0, 0.05) is 4.47 Å². The van der Waals surface area contributed by atoms with E-state index in [1.54, 1.807) is 12.1 Å². The zero-order valence-electron chi connectivity index (χ0n) is 6.60. The van der Waals surface area contributed by atoms with Crippen molar-refractivity contribution in [3.05, 3.63) is 21.6 Å². The molecule has 66 valence electrons. The van der Waals surface area contributed by atoms with Crippen LogP contribution in [0, 0.1) is 0 Å². The Morgan fingerprint density at radius 3 is 2.83 bits per heavy atom. The Bertz CT molecular complexity index is 291. The van der Waals surface area contributed by atoms with Gasteiger partial charge in [0.1, 0.15) is 0 Å². The summed E-state index contributed by atoms with van der Waals surface area (Å²) in [5.74, 6) is 0.550. The van der Waals surface area contributed by atoms with Crippen molar-refractivity contribution < 1.29 is 4.74 Å². The highest BCUT2D eigenvalue weighted by molar-refractivity contribution is 9.10. The van der Waals surface area contributed by atoms with E-state index in [0.29, 0.717) is 23.1 Å². The Kier molecular flexibility index (Phi) is 3.23. The van der Waals surface area contributed by atoms with Gasteiger partial charge in [0.15, 0.2) is 5.75 Å². The van der Waals surface area contributed by atoms with Gasteiger partial charge in [-0.2, -0.15) is 0 Å². The minimum atomic E-state index is 0.539. The van der Waals surface area contributed by atoms with Gasteiger partial charge in [0.2, 0.25) is 0 Å². The van der Waals surface area contributed by atoms with Gasteiger partial charge in [-0.15, -0.1) is 0 Å². The molecule has 0 saturated heterocycles. The molecule has 2 nitrogen and oxygen atoms in total. The van der Waals surface area contributed by atoms with Gasteiger partial charge in [-0.25, -0.2) is 0 Å². The van der Waals surface area contributed by atoms with Crippen LogP contribution < -0.4 is 10.5 Å². The summed E-state index contributed by atoms with van der Waals surface area (Å²) in [6.07, 6.45) is 0. The second-order valence-corrected chi connectivity index (χ2v) is 3.47. The summed E-state index contributed by atoms with van der Waals surface area (Å²) in [5, 5.41) is 0.539. The number of rotatable bonds is 2. The Hall–Kier alpha value is -0.410. The van der Waals surface area contributed by atoms with E-state index < -0.39 is 0 Å². The highest BCUT2D eigenvalue weighted by Gasteiger charge is 2.08. The SMILES string of the molecule is CCOc1c(Cl)ccc(Br)c1N. The van der Waals surface area contributed by atoms with Crippen LogP contribution in [-0.2, 0) is 0 Å². The van der Waals surface area contributed by atoms with Gasteiger partial charge < -0.3 is 10.5 Å². The van der Waals surface area contributed by atoms with Gasteiger partial charge in [-0.1, -0.05) is 11.6 Å². The number of anilines is 1. The zero-order chi connectivity index (χ0) is 9.14. The van der Waals surface area contributed by atoms with E-state index in [2.05, 4.69) is 15.9 Å². The Balaban J connectivity index is 3.14. The molecule has 0 saturated carbocycles. The lowest BCUT2D eigenvalue weighted by molar-refractivity contribution is 0.342. The molecule has 0 unspecified atom stereocenters. The van der Waals surface area contributed by atoms with Gasteiger partial charge in [0.25, 0.3) is 0 Å². The molecule has 0 bridgehead atoms. The molecule has 0 aliphatic rings. The molecule has 0 spiro atoms. The highest BCUT2D eigenvalue weighted by Crippen LogP contribution is 2.36. The lowest BCUT2D eigenvalue weighted by Gasteiger charge is -2.09. The second-order valence-electron chi connectivity index (χ2n) is 2.21. The van der Waals surface area contributed by atoms with Gasteiger partial charge >= 0.3 is 0 Å². The predicted octanol–water partition coefficient (Wildman–Crippen LogP) is 3.08. The van der Waals surface area contributed by atoms with Crippen LogP contribution >= 0.6 is 27.5 Å². The monoisotopic (exact) mass is 249 g/mol. The normalized spacial score (nSPS) is 9.92. The third-order valence-corrected chi connectivity index (χ3v) is 2.37. The van der Waals surface area contributed by atoms with Crippen molar-refractivity contribution in [1.82, 2.24) is 0 Å². The minimum absolute atomic E-state index is 0.539. The van der Waals surface area contributed by atoms with Crippen molar-refractivity contribution in [2.24, 2.45) is 0 Å². The molecule has 0 amide bonds. The molecule has 0 fully saturated rings. The summed E-state index contributed by atoms with van der Waals surface area (Å²) in [4.78, 5) is 0. The maximum absolute atomic E-state index is 5.85. The first kappa shape index (κ1) is 9.68. The number of hydrogen-bond donors (Lipinski definition) is 1. The third-order valence-electron chi connectivity index (χ3n) is 1.38. The fourth-order valence-corrected chi connectivity index (χ4v) is 1.37. The largest absolute Gasteiger partial charge is 0.490 e. The molecule has 0 aliphatic carbocycles. The Labute approximate surface area is 84.8 Å². The van der Waals surface area contributed by atoms with Gasteiger partial charge in [-0.3, -0.25) is 0 Å². The summed E-state index contributed by atoms with van der Waals surface area (Å²) >= 11 is 9.14. The maximum atomic E-state index is 5.85. The topological polar surface area (TPSA) is 35.2 Å². The summed E-state index contributed by atoms with van der Waals surface area (Å²) < 4.78 is 6.06. The van der Waals surface area contributed by atoms with Gasteiger partial charge in [-0.05, 0) is 35.0 Å². The molecule has 12 heavy (non-hydrogen) atoms. The molecule has 4 heteroatoms. The van der Waals surface area contributed by atoms with Crippen molar-refractivity contribution in [1.29, 1.82) is 0 Å². The molecule has 0 aromatic heterocycles. The first-order valence-electron chi connectivity index (χ1n) is 3.53. The van der Waals surface area contributed by atoms with Crippen LogP contribution in [0.5, 0.6) is 5.75 Å². The van der Waals surface area contributed by atoms with E-state index in [4.69, 9.17) is 22.1 Å². The van der Waals surface area contributed by atoms with E-state index in [-0.39, 0.29) is 0 Å². The Morgan fingerprint density at radius 2 is 2.25 bits per heavy atom. The number of halogens is 2. The van der Waals surface area contributed by atoms with E-state index in [9.17, 15) is 0 Å². The summed E-state index contributed by atoms with van der Waals surface area (Å²) in [5.41, 5.74) is 6.26. The predicted molar refractivity (Wildman–Crippen MR) is 54.7 cm³/mol. The molecular weight excluding hydrogens is 241 g/mol. The molecule has 1 rings (SSSR count). The van der Waals surface area contributed by atoms with Crippen molar-refractivity contribution in [2.45, 2.75) is 6.92 Å². The molecule has 0 heterocycles. The van der Waals surface area contributed by atoms with E-state index in [1.165, 1.54) is 0 Å². The standard InChI is InChI=1S/C8H9BrClNO/c1-2-12-8-6(10)4-3-5(9)7(8)11/h3-4H,2,11H2,1H3. The van der Waals surface area contributed by atoms with Crippen molar-refractivity contribution in [3.8, 4) is 5.75 Å². The molecule has 0 aliphatic heterocycles.